The van der Waals surface area contributed by atoms with Crippen LogP contribution in [-0.4, -0.2) is 37.0 Å². The minimum absolute atomic E-state index is 0.0444. The molecule has 2 aromatic carbocycles. The Labute approximate surface area is 198 Å². The van der Waals surface area contributed by atoms with Crippen LogP contribution < -0.4 is 10.6 Å². The molecule has 1 unspecified atom stereocenters. The predicted octanol–water partition coefficient (Wildman–Crippen LogP) is 5.69. The molecular weight excluding hydrogens is 451 g/mol. The molecule has 0 saturated carbocycles. The average Bonchev–Trinajstić information content (AvgIpc) is 2.81. The highest BCUT2D eigenvalue weighted by atomic mass is 35.5. The van der Waals surface area contributed by atoms with Crippen molar-refractivity contribution in [1.82, 2.24) is 4.90 Å². The Bertz CT molecular complexity index is 941. The van der Waals surface area contributed by atoms with E-state index in [0.717, 1.165) is 23.7 Å². The van der Waals surface area contributed by atoms with Crippen molar-refractivity contribution in [3.05, 3.63) is 64.2 Å². The molecule has 1 heterocycles. The Balaban J connectivity index is 1.67. The van der Waals surface area contributed by atoms with E-state index in [0.29, 0.717) is 49.6 Å². The van der Waals surface area contributed by atoms with Crippen molar-refractivity contribution in [3.8, 4) is 0 Å². The van der Waals surface area contributed by atoms with Crippen LogP contribution in [0, 0.1) is 5.92 Å². The number of carbonyl (C=O) groups is 1. The lowest BCUT2D eigenvalue weighted by atomic mass is 9.90. The molecule has 2 atom stereocenters. The topological polar surface area (TPSA) is 49.6 Å². The number of hydrogen-bond acceptors (Lipinski definition) is 3. The van der Waals surface area contributed by atoms with Crippen LogP contribution in [-0.2, 0) is 17.4 Å². The van der Waals surface area contributed by atoms with Gasteiger partial charge in [0.15, 0.2) is 0 Å². The first-order chi connectivity index (χ1) is 15.6. The van der Waals surface area contributed by atoms with Crippen molar-refractivity contribution >= 4 is 23.2 Å². The molecule has 1 saturated heterocycles. The second-order valence-electron chi connectivity index (χ2n) is 8.68. The summed E-state index contributed by atoms with van der Waals surface area (Å²) in [7, 11) is 0. The number of piperazine rings is 1. The fourth-order valence-corrected chi connectivity index (χ4v) is 4.23. The van der Waals surface area contributed by atoms with Gasteiger partial charge in [-0.25, -0.2) is 0 Å². The Morgan fingerprint density at radius 2 is 1.73 bits per heavy atom. The van der Waals surface area contributed by atoms with Crippen molar-refractivity contribution in [1.29, 1.82) is 0 Å². The van der Waals surface area contributed by atoms with Crippen molar-refractivity contribution in [2.24, 2.45) is 11.7 Å². The number of halogens is 4. The van der Waals surface area contributed by atoms with Gasteiger partial charge in [-0.05, 0) is 53.8 Å². The van der Waals surface area contributed by atoms with Crippen LogP contribution in [0.3, 0.4) is 0 Å². The molecule has 1 fully saturated rings. The molecule has 0 radical (unpaired) electrons. The van der Waals surface area contributed by atoms with E-state index >= 15 is 0 Å². The van der Waals surface area contributed by atoms with Crippen LogP contribution in [0.1, 0.15) is 49.4 Å². The molecule has 1 amide bonds. The van der Waals surface area contributed by atoms with E-state index in [9.17, 15) is 18.0 Å². The molecule has 0 bridgehead atoms. The van der Waals surface area contributed by atoms with Crippen LogP contribution >= 0.6 is 11.6 Å². The number of benzene rings is 2. The minimum Gasteiger partial charge on any atom is -0.368 e. The number of amides is 1. The molecule has 3 rings (SSSR count). The van der Waals surface area contributed by atoms with E-state index < -0.39 is 17.8 Å². The molecule has 2 aromatic rings. The average molecular weight is 482 g/mol. The first kappa shape index (κ1) is 25.4. The molecule has 180 valence electrons. The van der Waals surface area contributed by atoms with Gasteiger partial charge in [0.1, 0.15) is 0 Å². The lowest BCUT2D eigenvalue weighted by Crippen LogP contribution is -2.49. The van der Waals surface area contributed by atoms with E-state index in [1.807, 2.05) is 47.9 Å². The summed E-state index contributed by atoms with van der Waals surface area (Å²) in [6, 6.07) is 10.8. The van der Waals surface area contributed by atoms with Crippen molar-refractivity contribution in [2.75, 3.05) is 31.1 Å². The Morgan fingerprint density at radius 3 is 2.30 bits per heavy atom. The number of anilines is 1. The maximum Gasteiger partial charge on any atom is 0.416 e. The van der Waals surface area contributed by atoms with Gasteiger partial charge in [-0.3, -0.25) is 4.79 Å². The summed E-state index contributed by atoms with van der Waals surface area (Å²) in [6.45, 7) is 6.09. The molecule has 0 aliphatic carbocycles. The summed E-state index contributed by atoms with van der Waals surface area (Å²) >= 11 is 5.90. The zero-order valence-corrected chi connectivity index (χ0v) is 19.8. The highest BCUT2D eigenvalue weighted by Crippen LogP contribution is 2.37. The van der Waals surface area contributed by atoms with E-state index in [4.69, 9.17) is 17.3 Å². The second kappa shape index (κ2) is 10.8. The number of rotatable bonds is 7. The third-order valence-electron chi connectivity index (χ3n) is 6.48. The first-order valence-corrected chi connectivity index (χ1v) is 11.7. The fraction of sp³-hybridized carbons (Fsp3) is 0.480. The number of carbonyl (C=O) groups excluding carboxylic acids is 1. The van der Waals surface area contributed by atoms with Gasteiger partial charge in [-0.1, -0.05) is 44.0 Å². The van der Waals surface area contributed by atoms with Gasteiger partial charge in [0.2, 0.25) is 5.91 Å². The van der Waals surface area contributed by atoms with Crippen LogP contribution in [0.2, 0.25) is 5.02 Å². The summed E-state index contributed by atoms with van der Waals surface area (Å²) in [4.78, 5) is 16.5. The van der Waals surface area contributed by atoms with Gasteiger partial charge in [0.25, 0.3) is 0 Å². The quantitative estimate of drug-likeness (QED) is 0.553. The van der Waals surface area contributed by atoms with Gasteiger partial charge < -0.3 is 15.5 Å². The fourth-order valence-electron chi connectivity index (χ4n) is 4.10. The zero-order chi connectivity index (χ0) is 24.2. The number of nitrogens with zero attached hydrogens (tertiary/aromatic N) is 2. The van der Waals surface area contributed by atoms with Crippen LogP contribution in [0.4, 0.5) is 18.9 Å². The lowest BCUT2D eigenvalue weighted by molar-refractivity contribution is -0.137. The smallest absolute Gasteiger partial charge is 0.368 e. The largest absolute Gasteiger partial charge is 0.416 e. The van der Waals surface area contributed by atoms with Crippen molar-refractivity contribution in [2.45, 2.75) is 45.3 Å². The molecular formula is C25H31ClF3N3O. The number of nitrogens with two attached hydrogens (primary N) is 1. The monoisotopic (exact) mass is 481 g/mol. The van der Waals surface area contributed by atoms with Crippen LogP contribution in [0.5, 0.6) is 0 Å². The van der Waals surface area contributed by atoms with Crippen molar-refractivity contribution in [3.63, 3.8) is 0 Å². The third-order valence-corrected chi connectivity index (χ3v) is 6.74. The van der Waals surface area contributed by atoms with Gasteiger partial charge in [0, 0.05) is 49.4 Å². The highest BCUT2D eigenvalue weighted by Gasteiger charge is 2.33. The maximum atomic E-state index is 13.3. The summed E-state index contributed by atoms with van der Waals surface area (Å²) in [5, 5.41) is 0.664. The normalized spacial score (nSPS) is 16.6. The van der Waals surface area contributed by atoms with Crippen LogP contribution in [0.15, 0.2) is 42.5 Å². The molecule has 1 aliphatic rings. The molecule has 8 heteroatoms. The number of alkyl halides is 3. The van der Waals surface area contributed by atoms with Gasteiger partial charge in [0.05, 0.1) is 5.56 Å². The Kier molecular flexibility index (Phi) is 8.29. The lowest BCUT2D eigenvalue weighted by Gasteiger charge is -2.38. The SMILES string of the molecule is CCC(C)[C@H](N)c1cc(C(F)(F)F)ccc1N1CCN(C(=O)CCc2ccc(Cl)cc2)CC1. The molecule has 4 nitrogen and oxygen atoms in total. The van der Waals surface area contributed by atoms with E-state index in [2.05, 4.69) is 0 Å². The summed E-state index contributed by atoms with van der Waals surface area (Å²) in [6.07, 6.45) is -2.60. The predicted molar refractivity (Wildman–Crippen MR) is 126 cm³/mol. The molecule has 0 aromatic heterocycles. The molecule has 33 heavy (non-hydrogen) atoms. The van der Waals surface area contributed by atoms with E-state index in [-0.39, 0.29) is 11.8 Å². The number of aryl methyl sites for hydroxylation is 1. The maximum absolute atomic E-state index is 13.3. The Hall–Kier alpha value is -2.25. The second-order valence-corrected chi connectivity index (χ2v) is 9.11. The summed E-state index contributed by atoms with van der Waals surface area (Å²) in [5.41, 5.74) is 7.99. The minimum atomic E-state index is -4.42. The Morgan fingerprint density at radius 1 is 1.09 bits per heavy atom. The first-order valence-electron chi connectivity index (χ1n) is 11.3. The standard InChI is InChI=1S/C25H31ClF3N3O/c1-3-17(2)24(30)21-16-19(25(27,28)29)7-10-22(21)31-12-14-32(15-13-31)23(33)11-6-18-4-8-20(26)9-5-18/h4-5,7-10,16-17,24H,3,6,11-15,30H2,1-2H3/t17?,24-/m0/s1. The zero-order valence-electron chi connectivity index (χ0n) is 19.0. The van der Waals surface area contributed by atoms with E-state index in [1.54, 1.807) is 0 Å². The molecule has 1 aliphatic heterocycles. The van der Waals surface area contributed by atoms with E-state index in [1.165, 1.54) is 12.1 Å². The van der Waals surface area contributed by atoms with Crippen molar-refractivity contribution < 1.29 is 18.0 Å². The molecule has 0 spiro atoms. The van der Waals surface area contributed by atoms with Crippen LogP contribution in [0.25, 0.3) is 0 Å². The number of hydrogen-bond donors (Lipinski definition) is 1. The van der Waals surface area contributed by atoms with Gasteiger partial charge in [-0.15, -0.1) is 0 Å². The van der Waals surface area contributed by atoms with Gasteiger partial charge >= 0.3 is 6.18 Å². The third kappa shape index (κ3) is 6.42. The summed E-state index contributed by atoms with van der Waals surface area (Å²) in [5.74, 6) is 0.122. The van der Waals surface area contributed by atoms with Gasteiger partial charge in [-0.2, -0.15) is 13.2 Å². The highest BCUT2D eigenvalue weighted by molar-refractivity contribution is 6.30. The summed E-state index contributed by atoms with van der Waals surface area (Å²) < 4.78 is 40.0. The molecule has 2 N–H and O–H groups in total.